The highest BCUT2D eigenvalue weighted by molar-refractivity contribution is 7.78. The summed E-state index contributed by atoms with van der Waals surface area (Å²) in [4.78, 5) is 6.38. The summed E-state index contributed by atoms with van der Waals surface area (Å²) in [7, 11) is 0. The molecule has 0 spiro atoms. The molecule has 1 aliphatic rings. The minimum atomic E-state index is 0.801. The lowest BCUT2D eigenvalue weighted by atomic mass is 10.2. The molecule has 84 valence electrons. The van der Waals surface area contributed by atoms with E-state index in [2.05, 4.69) is 27.3 Å². The molecule has 16 heavy (non-hydrogen) atoms. The zero-order valence-corrected chi connectivity index (χ0v) is 10.5. The summed E-state index contributed by atoms with van der Waals surface area (Å²) in [5.41, 5.74) is 1.95. The van der Waals surface area contributed by atoms with E-state index in [4.69, 9.17) is 11.6 Å². The van der Waals surface area contributed by atoms with Crippen molar-refractivity contribution in [1.29, 1.82) is 0 Å². The minimum absolute atomic E-state index is 0.801. The maximum atomic E-state index is 6.16. The second-order valence-corrected chi connectivity index (χ2v) is 4.55. The van der Waals surface area contributed by atoms with Crippen molar-refractivity contribution in [3.05, 3.63) is 28.8 Å². The third-order valence-corrected chi connectivity index (χ3v) is 3.26. The Labute approximate surface area is 106 Å². The fourth-order valence-corrected chi connectivity index (χ4v) is 2.27. The van der Waals surface area contributed by atoms with E-state index in [1.54, 1.807) is 0 Å². The van der Waals surface area contributed by atoms with Crippen molar-refractivity contribution in [1.82, 2.24) is 4.90 Å². The lowest BCUT2D eigenvalue weighted by Gasteiger charge is -2.15. The maximum Gasteiger partial charge on any atom is 0.0743 e. The first-order valence-electron chi connectivity index (χ1n) is 5.38. The van der Waals surface area contributed by atoms with Gasteiger partial charge in [0, 0.05) is 11.6 Å². The molecule has 0 aromatic heterocycles. The Bertz CT molecular complexity index is 421. The summed E-state index contributed by atoms with van der Waals surface area (Å²) in [6.45, 7) is 3.23. The van der Waals surface area contributed by atoms with Crippen LogP contribution in [0, 0.1) is 0 Å². The van der Waals surface area contributed by atoms with Gasteiger partial charge in [-0.3, -0.25) is 4.90 Å². The van der Waals surface area contributed by atoms with Gasteiger partial charge < -0.3 is 0 Å². The lowest BCUT2D eigenvalue weighted by molar-refractivity contribution is 0.331. The molecule has 1 aliphatic heterocycles. The van der Waals surface area contributed by atoms with E-state index in [1.165, 1.54) is 12.8 Å². The molecule has 0 saturated carbocycles. The van der Waals surface area contributed by atoms with Crippen molar-refractivity contribution in [2.75, 3.05) is 13.1 Å². The molecule has 1 saturated heterocycles. The van der Waals surface area contributed by atoms with Gasteiger partial charge >= 0.3 is 0 Å². The van der Waals surface area contributed by atoms with Gasteiger partial charge in [0.05, 0.1) is 10.8 Å². The number of hydrogen-bond acceptors (Lipinski definition) is 3. The summed E-state index contributed by atoms with van der Waals surface area (Å²) in [5, 5.41) is 3.18. The molecule has 1 fully saturated rings. The van der Waals surface area contributed by atoms with Crippen molar-refractivity contribution in [3.8, 4) is 0 Å². The van der Waals surface area contributed by atoms with Crippen LogP contribution in [0.4, 0.5) is 5.69 Å². The molecule has 0 aliphatic carbocycles. The van der Waals surface area contributed by atoms with Crippen molar-refractivity contribution in [2.45, 2.75) is 19.4 Å². The molecule has 1 heterocycles. The summed E-state index contributed by atoms with van der Waals surface area (Å²) in [5.74, 6) is 0. The SMILES string of the molecule is S=C=Nc1ccc(Cl)c(CN2CCCC2)c1. The standard InChI is InChI=1S/C12H13ClN2S/c13-12-4-3-11(14-9-16)7-10(12)8-15-5-1-2-6-15/h3-4,7H,1-2,5-6,8H2. The highest BCUT2D eigenvalue weighted by Crippen LogP contribution is 2.24. The fourth-order valence-electron chi connectivity index (χ4n) is 1.99. The van der Waals surface area contributed by atoms with Crippen LogP contribution in [0.3, 0.4) is 0 Å². The average Bonchev–Trinajstić information content (AvgIpc) is 2.76. The van der Waals surface area contributed by atoms with Gasteiger partial charge in [-0.1, -0.05) is 11.6 Å². The molecular formula is C12H13ClN2S. The third-order valence-electron chi connectivity index (χ3n) is 2.80. The van der Waals surface area contributed by atoms with Crippen LogP contribution in [0.1, 0.15) is 18.4 Å². The highest BCUT2D eigenvalue weighted by Gasteiger charge is 2.13. The predicted molar refractivity (Wildman–Crippen MR) is 70.6 cm³/mol. The second-order valence-electron chi connectivity index (χ2n) is 3.96. The smallest absolute Gasteiger partial charge is 0.0743 e. The van der Waals surface area contributed by atoms with Crippen molar-refractivity contribution in [2.24, 2.45) is 4.99 Å². The summed E-state index contributed by atoms with van der Waals surface area (Å²) in [6.07, 6.45) is 2.57. The first-order chi connectivity index (χ1) is 7.79. The lowest BCUT2D eigenvalue weighted by Crippen LogP contribution is -2.18. The molecule has 0 N–H and O–H groups in total. The molecule has 0 atom stereocenters. The molecule has 0 radical (unpaired) electrons. The Balaban J connectivity index is 2.17. The number of nitrogens with zero attached hydrogens (tertiary/aromatic N) is 2. The zero-order valence-electron chi connectivity index (χ0n) is 8.95. The van der Waals surface area contributed by atoms with Crippen LogP contribution in [0.5, 0.6) is 0 Å². The summed E-state index contributed by atoms with van der Waals surface area (Å²) >= 11 is 10.8. The van der Waals surface area contributed by atoms with Gasteiger partial charge in [-0.05, 0) is 61.9 Å². The number of rotatable bonds is 3. The van der Waals surface area contributed by atoms with Crippen LogP contribution in [0.25, 0.3) is 0 Å². The number of aliphatic imine (C=N–C) groups is 1. The number of halogens is 1. The van der Waals surface area contributed by atoms with E-state index in [0.717, 1.165) is 35.9 Å². The Morgan fingerprint density at radius 2 is 2.12 bits per heavy atom. The van der Waals surface area contributed by atoms with Crippen molar-refractivity contribution < 1.29 is 0 Å². The molecule has 1 aromatic rings. The van der Waals surface area contributed by atoms with Crippen LogP contribution >= 0.6 is 23.8 Å². The molecule has 4 heteroatoms. The van der Waals surface area contributed by atoms with Gasteiger partial charge in [-0.15, -0.1) is 0 Å². The number of isothiocyanates is 1. The van der Waals surface area contributed by atoms with Crippen LogP contribution in [-0.4, -0.2) is 23.2 Å². The maximum absolute atomic E-state index is 6.16. The minimum Gasteiger partial charge on any atom is -0.299 e. The molecule has 2 rings (SSSR count). The summed E-state index contributed by atoms with van der Waals surface area (Å²) in [6, 6.07) is 5.72. The average molecular weight is 253 g/mol. The first-order valence-corrected chi connectivity index (χ1v) is 6.17. The van der Waals surface area contributed by atoms with E-state index >= 15 is 0 Å². The van der Waals surface area contributed by atoms with E-state index in [1.807, 2.05) is 18.2 Å². The number of hydrogen-bond donors (Lipinski definition) is 0. The highest BCUT2D eigenvalue weighted by atomic mass is 35.5. The van der Waals surface area contributed by atoms with Crippen LogP contribution < -0.4 is 0 Å². The molecule has 1 aromatic carbocycles. The fraction of sp³-hybridized carbons (Fsp3) is 0.417. The Morgan fingerprint density at radius 1 is 1.38 bits per heavy atom. The third kappa shape index (κ3) is 2.89. The topological polar surface area (TPSA) is 15.6 Å². The number of thiocarbonyl (C=S) groups is 1. The first kappa shape index (κ1) is 11.7. The molecular weight excluding hydrogens is 240 g/mol. The van der Waals surface area contributed by atoms with Gasteiger partial charge in [0.1, 0.15) is 0 Å². The number of likely N-dealkylation sites (tertiary alicyclic amines) is 1. The van der Waals surface area contributed by atoms with E-state index in [-0.39, 0.29) is 0 Å². The van der Waals surface area contributed by atoms with Crippen LogP contribution in [0.2, 0.25) is 5.02 Å². The molecule has 0 amide bonds. The Kier molecular flexibility index (Phi) is 4.08. The largest absolute Gasteiger partial charge is 0.299 e. The normalized spacial score (nSPS) is 16.1. The number of benzene rings is 1. The quantitative estimate of drug-likeness (QED) is 0.603. The van der Waals surface area contributed by atoms with E-state index in [9.17, 15) is 0 Å². The van der Waals surface area contributed by atoms with E-state index in [0.29, 0.717) is 0 Å². The van der Waals surface area contributed by atoms with Gasteiger partial charge in [-0.2, -0.15) is 4.99 Å². The second kappa shape index (κ2) is 5.55. The molecule has 0 bridgehead atoms. The molecule has 2 nitrogen and oxygen atoms in total. The monoisotopic (exact) mass is 252 g/mol. The van der Waals surface area contributed by atoms with Gasteiger partial charge in [0.15, 0.2) is 0 Å². The molecule has 0 unspecified atom stereocenters. The van der Waals surface area contributed by atoms with E-state index < -0.39 is 0 Å². The van der Waals surface area contributed by atoms with Crippen LogP contribution in [-0.2, 0) is 6.54 Å². The Hall–Kier alpha value is -0.730. The van der Waals surface area contributed by atoms with Gasteiger partial charge in [0.25, 0.3) is 0 Å². The van der Waals surface area contributed by atoms with Crippen LogP contribution in [0.15, 0.2) is 23.2 Å². The zero-order chi connectivity index (χ0) is 11.4. The van der Waals surface area contributed by atoms with Crippen molar-refractivity contribution >= 4 is 34.7 Å². The van der Waals surface area contributed by atoms with Gasteiger partial charge in [0.2, 0.25) is 0 Å². The summed E-state index contributed by atoms with van der Waals surface area (Å²) < 4.78 is 0. The Morgan fingerprint density at radius 3 is 2.81 bits per heavy atom. The van der Waals surface area contributed by atoms with Gasteiger partial charge in [-0.25, -0.2) is 0 Å². The van der Waals surface area contributed by atoms with Crippen molar-refractivity contribution in [3.63, 3.8) is 0 Å². The predicted octanol–water partition coefficient (Wildman–Crippen LogP) is 3.67.